The molecule has 4 aromatic rings. The van der Waals surface area contributed by atoms with Crippen molar-refractivity contribution in [3.8, 4) is 45.7 Å². The van der Waals surface area contributed by atoms with Gasteiger partial charge >= 0.3 is 12.0 Å². The summed E-state index contributed by atoms with van der Waals surface area (Å²) in [4.78, 5) is 16.3. The number of hydrogen-bond donors (Lipinski definition) is 0. The minimum absolute atomic E-state index is 0.149. The monoisotopic (exact) mass is 528 g/mol. The molecule has 0 aliphatic rings. The molecule has 7 nitrogen and oxygen atoms in total. The number of hydrogen-bond acceptors (Lipinski definition) is 6. The Morgan fingerprint density at radius 1 is 0.744 bits per heavy atom. The molecular formula is C32H36N2O5. The highest BCUT2D eigenvalue weighted by Crippen LogP contribution is 2.39. The lowest BCUT2D eigenvalue weighted by Gasteiger charge is -2.16. The first-order valence-electron chi connectivity index (χ1n) is 13.3. The van der Waals surface area contributed by atoms with Crippen molar-refractivity contribution < 1.29 is 23.7 Å². The smallest absolute Gasteiger partial charge is 0.305 e. The van der Waals surface area contributed by atoms with Gasteiger partial charge in [0.15, 0.2) is 11.5 Å². The molecule has 0 amide bonds. The average molecular weight is 529 g/mol. The molecule has 0 bridgehead atoms. The van der Waals surface area contributed by atoms with Crippen molar-refractivity contribution in [1.82, 2.24) is 9.55 Å². The molecule has 0 atom stereocenters. The van der Waals surface area contributed by atoms with Crippen LogP contribution in [0.3, 0.4) is 0 Å². The number of methoxy groups -OCH3 is 3. The van der Waals surface area contributed by atoms with Crippen LogP contribution in [0, 0.1) is 0 Å². The fourth-order valence-electron chi connectivity index (χ4n) is 4.53. The van der Waals surface area contributed by atoms with Crippen molar-refractivity contribution in [2.75, 3.05) is 27.9 Å². The zero-order valence-corrected chi connectivity index (χ0v) is 22.9. The molecule has 0 saturated heterocycles. The van der Waals surface area contributed by atoms with Crippen molar-refractivity contribution in [3.05, 3.63) is 78.9 Å². The predicted octanol–water partition coefficient (Wildman–Crippen LogP) is 7.12. The summed E-state index contributed by atoms with van der Waals surface area (Å²) in [6.45, 7) is 0.532. The highest BCUT2D eigenvalue weighted by molar-refractivity contribution is 5.81. The van der Waals surface area contributed by atoms with E-state index in [1.807, 2.05) is 54.6 Å². The SMILES string of the molecule is COC(=O)CCCCCCCOc1nc(-c2ccccc2)c(-c2ccccc2)n1-c1ccc(OC)c(OC)c1. The summed E-state index contributed by atoms with van der Waals surface area (Å²) in [5, 5.41) is 0. The van der Waals surface area contributed by atoms with E-state index in [-0.39, 0.29) is 5.97 Å². The van der Waals surface area contributed by atoms with E-state index in [1.165, 1.54) is 7.11 Å². The molecule has 3 aromatic carbocycles. The molecule has 39 heavy (non-hydrogen) atoms. The first-order chi connectivity index (χ1) is 19.2. The third-order valence-corrected chi connectivity index (χ3v) is 6.55. The van der Waals surface area contributed by atoms with Gasteiger partial charge in [-0.15, -0.1) is 0 Å². The topological polar surface area (TPSA) is 71.8 Å². The molecule has 204 valence electrons. The van der Waals surface area contributed by atoms with Gasteiger partial charge in [-0.3, -0.25) is 9.36 Å². The van der Waals surface area contributed by atoms with Gasteiger partial charge in [-0.25, -0.2) is 0 Å². The number of rotatable bonds is 14. The van der Waals surface area contributed by atoms with Crippen LogP contribution in [-0.2, 0) is 9.53 Å². The maximum absolute atomic E-state index is 11.3. The second kappa shape index (κ2) is 14.0. The van der Waals surface area contributed by atoms with Gasteiger partial charge in [-0.05, 0) is 25.0 Å². The summed E-state index contributed by atoms with van der Waals surface area (Å²) in [6.07, 6.45) is 5.24. The highest BCUT2D eigenvalue weighted by Gasteiger charge is 2.23. The zero-order valence-electron chi connectivity index (χ0n) is 22.9. The normalized spacial score (nSPS) is 10.7. The van der Waals surface area contributed by atoms with Crippen LogP contribution in [0.4, 0.5) is 0 Å². The Hall–Kier alpha value is -4.26. The molecule has 4 rings (SSSR count). The number of ether oxygens (including phenoxy) is 4. The van der Waals surface area contributed by atoms with E-state index < -0.39 is 0 Å². The molecule has 7 heteroatoms. The number of benzene rings is 3. The Balaban J connectivity index is 1.65. The first kappa shape index (κ1) is 27.8. The fraction of sp³-hybridized carbons (Fsp3) is 0.312. The molecule has 0 N–H and O–H groups in total. The minimum atomic E-state index is -0.149. The summed E-state index contributed by atoms with van der Waals surface area (Å²) >= 11 is 0. The van der Waals surface area contributed by atoms with Crippen LogP contribution in [-0.4, -0.2) is 43.5 Å². The molecule has 0 unspecified atom stereocenters. The van der Waals surface area contributed by atoms with Gasteiger partial charge in [-0.1, -0.05) is 79.9 Å². The lowest BCUT2D eigenvalue weighted by molar-refractivity contribution is -0.140. The summed E-state index contributed by atoms with van der Waals surface area (Å²) in [5.74, 6) is 1.13. The van der Waals surface area contributed by atoms with Crippen LogP contribution in [0.15, 0.2) is 78.9 Å². The van der Waals surface area contributed by atoms with Crippen LogP contribution in [0.25, 0.3) is 28.2 Å². The number of carbonyl (C=O) groups excluding carboxylic acids is 1. The van der Waals surface area contributed by atoms with Gasteiger partial charge in [0, 0.05) is 23.6 Å². The second-order valence-electron chi connectivity index (χ2n) is 9.14. The van der Waals surface area contributed by atoms with Gasteiger partial charge in [0.1, 0.15) is 5.69 Å². The maximum Gasteiger partial charge on any atom is 0.305 e. The summed E-state index contributed by atoms with van der Waals surface area (Å²) in [7, 11) is 4.69. The Labute approximate surface area is 230 Å². The Morgan fingerprint density at radius 3 is 2.05 bits per heavy atom. The van der Waals surface area contributed by atoms with Crippen LogP contribution in [0.5, 0.6) is 17.5 Å². The van der Waals surface area contributed by atoms with Gasteiger partial charge in [0.05, 0.1) is 39.3 Å². The summed E-state index contributed by atoms with van der Waals surface area (Å²) in [5.41, 5.74) is 4.67. The quantitative estimate of drug-likeness (QED) is 0.128. The summed E-state index contributed by atoms with van der Waals surface area (Å²) in [6, 6.07) is 26.7. The molecular weight excluding hydrogens is 492 g/mol. The number of esters is 1. The minimum Gasteiger partial charge on any atom is -0.493 e. The molecule has 0 spiro atoms. The molecule has 0 fully saturated rings. The standard InChI is InChI=1S/C32H36N2O5/c1-36-27-21-20-26(23-28(27)37-2)34-31(25-17-11-8-12-18-25)30(24-15-9-7-10-16-24)33-32(34)39-22-14-6-4-5-13-19-29(35)38-3/h7-12,15-18,20-21,23H,4-6,13-14,19,22H2,1-3H3. The molecule has 0 aliphatic heterocycles. The largest absolute Gasteiger partial charge is 0.493 e. The van der Waals surface area contributed by atoms with E-state index in [0.29, 0.717) is 30.5 Å². The van der Waals surface area contributed by atoms with Crippen molar-refractivity contribution in [2.24, 2.45) is 0 Å². The van der Waals surface area contributed by atoms with E-state index in [0.717, 1.165) is 60.3 Å². The van der Waals surface area contributed by atoms with E-state index in [9.17, 15) is 4.79 Å². The van der Waals surface area contributed by atoms with Crippen molar-refractivity contribution in [2.45, 2.75) is 38.5 Å². The third kappa shape index (κ3) is 6.99. The summed E-state index contributed by atoms with van der Waals surface area (Å²) < 4.78 is 24.2. The number of imidazole rings is 1. The molecule has 0 aliphatic carbocycles. The van der Waals surface area contributed by atoms with Crippen molar-refractivity contribution in [1.29, 1.82) is 0 Å². The van der Waals surface area contributed by atoms with E-state index >= 15 is 0 Å². The zero-order chi connectivity index (χ0) is 27.5. The maximum atomic E-state index is 11.3. The van der Waals surface area contributed by atoms with Crippen molar-refractivity contribution in [3.63, 3.8) is 0 Å². The third-order valence-electron chi connectivity index (χ3n) is 6.55. The highest BCUT2D eigenvalue weighted by atomic mass is 16.5. The predicted molar refractivity (Wildman–Crippen MR) is 153 cm³/mol. The van der Waals surface area contributed by atoms with E-state index in [2.05, 4.69) is 28.8 Å². The Kier molecular flexibility index (Phi) is 10.0. The van der Waals surface area contributed by atoms with Crippen LogP contribution in [0.2, 0.25) is 0 Å². The first-order valence-corrected chi connectivity index (χ1v) is 13.3. The fourth-order valence-corrected chi connectivity index (χ4v) is 4.53. The average Bonchev–Trinajstić information content (AvgIpc) is 3.38. The van der Waals surface area contributed by atoms with E-state index in [1.54, 1.807) is 14.2 Å². The van der Waals surface area contributed by atoms with Gasteiger partial charge < -0.3 is 18.9 Å². The number of nitrogens with zero attached hydrogens (tertiary/aromatic N) is 2. The molecule has 1 aromatic heterocycles. The van der Waals surface area contributed by atoms with Crippen LogP contribution in [0.1, 0.15) is 38.5 Å². The Morgan fingerprint density at radius 2 is 1.38 bits per heavy atom. The molecule has 1 heterocycles. The second-order valence-corrected chi connectivity index (χ2v) is 9.14. The molecule has 0 radical (unpaired) electrons. The Bertz CT molecular complexity index is 1340. The van der Waals surface area contributed by atoms with Crippen LogP contribution < -0.4 is 14.2 Å². The van der Waals surface area contributed by atoms with Crippen LogP contribution >= 0.6 is 0 Å². The van der Waals surface area contributed by atoms with Gasteiger partial charge in [0.25, 0.3) is 0 Å². The van der Waals surface area contributed by atoms with Crippen molar-refractivity contribution >= 4 is 5.97 Å². The van der Waals surface area contributed by atoms with Gasteiger partial charge in [-0.2, -0.15) is 4.98 Å². The number of unbranched alkanes of at least 4 members (excludes halogenated alkanes) is 4. The van der Waals surface area contributed by atoms with E-state index in [4.69, 9.17) is 23.9 Å². The lowest BCUT2D eigenvalue weighted by atomic mass is 10.0. The van der Waals surface area contributed by atoms with Gasteiger partial charge in [0.2, 0.25) is 0 Å². The number of carbonyl (C=O) groups is 1. The molecule has 0 saturated carbocycles. The number of aromatic nitrogens is 2. The lowest BCUT2D eigenvalue weighted by Crippen LogP contribution is -2.06.